The second-order valence-corrected chi connectivity index (χ2v) is 8.25. The lowest BCUT2D eigenvalue weighted by Gasteiger charge is -2.32. The molecule has 126 valence electrons. The minimum absolute atomic E-state index is 0.0795. The molecule has 0 bridgehead atoms. The molecular weight excluding hydrogens is 321 g/mol. The number of halogens is 1. The Hall–Kier alpha value is -1.47. The summed E-state index contributed by atoms with van der Waals surface area (Å²) in [4.78, 5) is 11.5. The number of carboxylic acid groups (broad SMARTS) is 1. The van der Waals surface area contributed by atoms with E-state index in [1.165, 1.54) is 18.2 Å². The van der Waals surface area contributed by atoms with Crippen LogP contribution in [0.3, 0.4) is 0 Å². The van der Waals surface area contributed by atoms with Crippen LogP contribution in [0.25, 0.3) is 0 Å². The summed E-state index contributed by atoms with van der Waals surface area (Å²) >= 11 is 0. The van der Waals surface area contributed by atoms with E-state index in [2.05, 4.69) is 0 Å². The molecule has 3 atom stereocenters. The minimum Gasteiger partial charge on any atom is -0.480 e. The molecule has 0 spiro atoms. The third-order valence-electron chi connectivity index (χ3n) is 4.93. The zero-order valence-electron chi connectivity index (χ0n) is 12.7. The summed E-state index contributed by atoms with van der Waals surface area (Å²) in [6.45, 7) is 0. The molecule has 5 nitrogen and oxygen atoms in total. The predicted molar refractivity (Wildman–Crippen MR) is 82.6 cm³/mol. The van der Waals surface area contributed by atoms with Crippen molar-refractivity contribution in [2.24, 2.45) is 5.92 Å². The highest BCUT2D eigenvalue weighted by atomic mass is 32.2. The summed E-state index contributed by atoms with van der Waals surface area (Å²) in [6, 6.07) is 4.43. The summed E-state index contributed by atoms with van der Waals surface area (Å²) < 4.78 is 40.6. The molecule has 2 fully saturated rings. The highest BCUT2D eigenvalue weighted by molar-refractivity contribution is 7.88. The van der Waals surface area contributed by atoms with Crippen molar-refractivity contribution in [3.8, 4) is 0 Å². The second-order valence-electron chi connectivity index (χ2n) is 6.38. The van der Waals surface area contributed by atoms with Crippen molar-refractivity contribution in [2.75, 3.05) is 0 Å². The molecule has 1 aromatic rings. The van der Waals surface area contributed by atoms with E-state index in [9.17, 15) is 22.7 Å². The van der Waals surface area contributed by atoms with Gasteiger partial charge >= 0.3 is 5.97 Å². The van der Waals surface area contributed by atoms with Crippen molar-refractivity contribution in [1.29, 1.82) is 0 Å². The van der Waals surface area contributed by atoms with E-state index >= 15 is 0 Å². The molecular formula is C16H20FNO4S. The van der Waals surface area contributed by atoms with Gasteiger partial charge in [0, 0.05) is 11.6 Å². The van der Waals surface area contributed by atoms with Gasteiger partial charge in [0.2, 0.25) is 10.0 Å². The van der Waals surface area contributed by atoms with E-state index in [1.807, 2.05) is 0 Å². The molecule has 7 heteroatoms. The molecule has 3 unspecified atom stereocenters. The third-order valence-corrected chi connectivity index (χ3v) is 6.77. The summed E-state index contributed by atoms with van der Waals surface area (Å²) in [7, 11) is -3.89. The average Bonchev–Trinajstić information content (AvgIpc) is 2.90. The average molecular weight is 341 g/mol. The normalized spacial score (nSPS) is 28.5. The molecule has 1 N–H and O–H groups in total. The smallest absolute Gasteiger partial charge is 0.322 e. The standard InChI is InChI=1S/C16H20FNO4S/c17-13-7-3-1-6-12(13)10-23(21,22)18-14-8-4-2-5-11(14)9-15(18)16(19)20/h1,3,6-7,11,14-15H,2,4-5,8-10H2,(H,19,20). The number of hydrogen-bond donors (Lipinski definition) is 1. The Labute approximate surface area is 135 Å². The number of benzene rings is 1. The van der Waals surface area contributed by atoms with Crippen LogP contribution in [-0.4, -0.2) is 35.9 Å². The molecule has 1 saturated carbocycles. The van der Waals surface area contributed by atoms with Gasteiger partial charge in [-0.05, 0) is 31.2 Å². The number of aliphatic carboxylic acids is 1. The molecule has 1 saturated heterocycles. The van der Waals surface area contributed by atoms with E-state index in [4.69, 9.17) is 0 Å². The quantitative estimate of drug-likeness (QED) is 0.912. The van der Waals surface area contributed by atoms with Gasteiger partial charge in [0.05, 0.1) is 5.75 Å². The zero-order chi connectivity index (χ0) is 16.6. The highest BCUT2D eigenvalue weighted by Crippen LogP contribution is 2.42. The zero-order valence-corrected chi connectivity index (χ0v) is 13.5. The molecule has 0 aromatic heterocycles. The number of sulfonamides is 1. The summed E-state index contributed by atoms with van der Waals surface area (Å²) in [5, 5.41) is 9.43. The lowest BCUT2D eigenvalue weighted by atomic mass is 9.85. The van der Waals surface area contributed by atoms with Gasteiger partial charge in [-0.15, -0.1) is 0 Å². The number of nitrogens with zero attached hydrogens (tertiary/aromatic N) is 1. The first-order chi connectivity index (χ1) is 10.9. The summed E-state index contributed by atoms with van der Waals surface area (Å²) in [5.74, 6) is -2.09. The number of rotatable bonds is 4. The highest BCUT2D eigenvalue weighted by Gasteiger charge is 2.50. The third kappa shape index (κ3) is 3.12. The fourth-order valence-corrected chi connectivity index (χ4v) is 5.95. The molecule has 1 aliphatic carbocycles. The van der Waals surface area contributed by atoms with Crippen LogP contribution in [0.15, 0.2) is 24.3 Å². The summed E-state index contributed by atoms with van der Waals surface area (Å²) in [5.41, 5.74) is 0.0795. The van der Waals surface area contributed by atoms with Gasteiger partial charge in [-0.25, -0.2) is 12.8 Å². The SMILES string of the molecule is O=C(O)C1CC2CCCCC2N1S(=O)(=O)Cc1ccccc1F. The molecule has 1 aromatic carbocycles. The van der Waals surface area contributed by atoms with E-state index in [-0.39, 0.29) is 17.5 Å². The van der Waals surface area contributed by atoms with Crippen LogP contribution in [0.1, 0.15) is 37.7 Å². The lowest BCUT2D eigenvalue weighted by molar-refractivity contribution is -0.141. The first kappa shape index (κ1) is 16.4. The van der Waals surface area contributed by atoms with Crippen LogP contribution in [0.5, 0.6) is 0 Å². The van der Waals surface area contributed by atoms with Crippen molar-refractivity contribution in [2.45, 2.75) is 49.9 Å². The van der Waals surface area contributed by atoms with Gasteiger partial charge in [0.1, 0.15) is 11.9 Å². The Balaban J connectivity index is 1.92. The molecule has 0 amide bonds. The first-order valence-corrected chi connectivity index (χ1v) is 9.48. The number of carboxylic acids is 1. The maximum Gasteiger partial charge on any atom is 0.322 e. The Morgan fingerprint density at radius 1 is 1.26 bits per heavy atom. The largest absolute Gasteiger partial charge is 0.480 e. The molecule has 2 aliphatic rings. The Kier molecular flexibility index (Phi) is 4.42. The van der Waals surface area contributed by atoms with Crippen LogP contribution in [-0.2, 0) is 20.6 Å². The number of carbonyl (C=O) groups is 1. The summed E-state index contributed by atoms with van der Waals surface area (Å²) in [6.07, 6.45) is 3.82. The van der Waals surface area contributed by atoms with Gasteiger partial charge in [-0.2, -0.15) is 4.31 Å². The topological polar surface area (TPSA) is 74.7 Å². The lowest BCUT2D eigenvalue weighted by Crippen LogP contribution is -2.46. The predicted octanol–water partition coefficient (Wildman–Crippen LogP) is 2.37. The van der Waals surface area contributed by atoms with E-state index in [1.54, 1.807) is 6.07 Å². The maximum atomic E-state index is 13.8. The minimum atomic E-state index is -3.89. The maximum absolute atomic E-state index is 13.8. The fourth-order valence-electron chi connectivity index (χ4n) is 3.92. The van der Waals surface area contributed by atoms with Crippen molar-refractivity contribution >= 4 is 16.0 Å². The number of fused-ring (bicyclic) bond motifs is 1. The van der Waals surface area contributed by atoms with Crippen LogP contribution >= 0.6 is 0 Å². The van der Waals surface area contributed by atoms with Gasteiger partial charge in [0.25, 0.3) is 0 Å². The van der Waals surface area contributed by atoms with E-state index in [0.717, 1.165) is 23.6 Å². The van der Waals surface area contributed by atoms with Crippen LogP contribution in [0, 0.1) is 11.7 Å². The van der Waals surface area contributed by atoms with Crippen LogP contribution < -0.4 is 0 Å². The molecule has 1 aliphatic heterocycles. The Morgan fingerprint density at radius 3 is 2.65 bits per heavy atom. The van der Waals surface area contributed by atoms with Gasteiger partial charge in [-0.3, -0.25) is 4.79 Å². The van der Waals surface area contributed by atoms with Crippen molar-refractivity contribution in [3.05, 3.63) is 35.6 Å². The monoisotopic (exact) mass is 341 g/mol. The van der Waals surface area contributed by atoms with Crippen molar-refractivity contribution in [1.82, 2.24) is 4.31 Å². The van der Waals surface area contributed by atoms with E-state index in [0.29, 0.717) is 12.8 Å². The Bertz CT molecular complexity index is 706. The van der Waals surface area contributed by atoms with Crippen LogP contribution in [0.4, 0.5) is 4.39 Å². The molecule has 3 rings (SSSR count). The first-order valence-electron chi connectivity index (χ1n) is 7.87. The van der Waals surface area contributed by atoms with Gasteiger partial charge in [-0.1, -0.05) is 31.0 Å². The van der Waals surface area contributed by atoms with Crippen LogP contribution in [0.2, 0.25) is 0 Å². The Morgan fingerprint density at radius 2 is 1.96 bits per heavy atom. The fraction of sp³-hybridized carbons (Fsp3) is 0.562. The van der Waals surface area contributed by atoms with E-state index < -0.39 is 33.6 Å². The second kappa shape index (κ2) is 6.20. The van der Waals surface area contributed by atoms with Crippen molar-refractivity contribution < 1.29 is 22.7 Å². The molecule has 1 heterocycles. The van der Waals surface area contributed by atoms with Gasteiger partial charge < -0.3 is 5.11 Å². The molecule has 23 heavy (non-hydrogen) atoms. The number of hydrogen-bond acceptors (Lipinski definition) is 3. The molecule has 0 radical (unpaired) electrons. The van der Waals surface area contributed by atoms with Crippen molar-refractivity contribution in [3.63, 3.8) is 0 Å². The van der Waals surface area contributed by atoms with Gasteiger partial charge in [0.15, 0.2) is 0 Å².